The third-order valence-corrected chi connectivity index (χ3v) is 5.48. The van der Waals surface area contributed by atoms with Crippen LogP contribution in [-0.4, -0.2) is 53.6 Å². The van der Waals surface area contributed by atoms with Crippen molar-refractivity contribution in [3.63, 3.8) is 0 Å². The van der Waals surface area contributed by atoms with Gasteiger partial charge in [0.2, 0.25) is 5.91 Å². The molecule has 1 aromatic rings. The molecule has 1 saturated carbocycles. The molecule has 3 aliphatic rings. The second-order valence-corrected chi connectivity index (χ2v) is 6.98. The first-order chi connectivity index (χ1) is 11.2. The minimum Gasteiger partial charge on any atom is -0.447 e. The number of carbonyl (C=O) groups excluding carboxylic acids is 2. The molecule has 23 heavy (non-hydrogen) atoms. The maximum absolute atomic E-state index is 12.6. The zero-order valence-electron chi connectivity index (χ0n) is 13.2. The van der Waals surface area contributed by atoms with Crippen molar-refractivity contribution in [3.05, 3.63) is 35.9 Å². The Kier molecular flexibility index (Phi) is 3.51. The van der Waals surface area contributed by atoms with Crippen LogP contribution in [0.25, 0.3) is 0 Å². The number of ether oxygens (including phenoxy) is 1. The van der Waals surface area contributed by atoms with Crippen LogP contribution in [0.5, 0.6) is 0 Å². The smallest absolute Gasteiger partial charge is 0.410 e. The topological polar surface area (TPSA) is 49.9 Å². The third-order valence-electron chi connectivity index (χ3n) is 5.48. The van der Waals surface area contributed by atoms with Gasteiger partial charge >= 0.3 is 6.09 Å². The molecule has 0 aromatic heterocycles. The fraction of sp³-hybridized carbons (Fsp3) is 0.556. The highest BCUT2D eigenvalue weighted by molar-refractivity contribution is 5.80. The van der Waals surface area contributed by atoms with Crippen LogP contribution in [0.3, 0.4) is 0 Å². The Hall–Kier alpha value is -2.04. The van der Waals surface area contributed by atoms with E-state index in [0.29, 0.717) is 26.2 Å². The summed E-state index contributed by atoms with van der Waals surface area (Å²) in [5.41, 5.74) is 0.768. The van der Waals surface area contributed by atoms with Gasteiger partial charge in [-0.05, 0) is 18.4 Å². The van der Waals surface area contributed by atoms with Crippen molar-refractivity contribution in [1.29, 1.82) is 0 Å². The lowest BCUT2D eigenvalue weighted by Crippen LogP contribution is -2.64. The molecular formula is C18H22N2O3. The zero-order chi connectivity index (χ0) is 15.9. The van der Waals surface area contributed by atoms with Crippen molar-refractivity contribution in [2.24, 2.45) is 5.92 Å². The summed E-state index contributed by atoms with van der Waals surface area (Å²) in [4.78, 5) is 28.5. The fourth-order valence-electron chi connectivity index (χ4n) is 3.94. The number of piperazine rings is 1. The zero-order valence-corrected chi connectivity index (χ0v) is 13.2. The second-order valence-electron chi connectivity index (χ2n) is 6.98. The Morgan fingerprint density at radius 3 is 2.70 bits per heavy atom. The SMILES string of the molecule is O=C(C1CCC1)N1CCN2C(=O)OCC2(Cc2ccccc2)C1. The Morgan fingerprint density at radius 2 is 2.00 bits per heavy atom. The van der Waals surface area contributed by atoms with Gasteiger partial charge in [0.25, 0.3) is 0 Å². The van der Waals surface area contributed by atoms with Gasteiger partial charge in [-0.3, -0.25) is 9.69 Å². The number of carbonyl (C=O) groups is 2. The van der Waals surface area contributed by atoms with Crippen molar-refractivity contribution in [2.45, 2.75) is 31.2 Å². The van der Waals surface area contributed by atoms with Crippen LogP contribution in [0, 0.1) is 5.92 Å². The van der Waals surface area contributed by atoms with Crippen molar-refractivity contribution < 1.29 is 14.3 Å². The Labute approximate surface area is 136 Å². The molecule has 0 bridgehead atoms. The first kappa shape index (κ1) is 14.5. The highest BCUT2D eigenvalue weighted by Crippen LogP contribution is 2.35. The number of cyclic esters (lactones) is 1. The third kappa shape index (κ3) is 2.48. The minimum absolute atomic E-state index is 0.202. The van der Waals surface area contributed by atoms with Crippen LogP contribution in [0.4, 0.5) is 4.79 Å². The van der Waals surface area contributed by atoms with Crippen molar-refractivity contribution in [1.82, 2.24) is 9.80 Å². The van der Waals surface area contributed by atoms with Gasteiger partial charge in [0, 0.05) is 32.0 Å². The van der Waals surface area contributed by atoms with E-state index in [4.69, 9.17) is 4.74 Å². The van der Waals surface area contributed by atoms with E-state index in [-0.39, 0.29) is 17.9 Å². The predicted octanol–water partition coefficient (Wildman–Crippen LogP) is 2.06. The normalized spacial score (nSPS) is 27.4. The first-order valence-electron chi connectivity index (χ1n) is 8.45. The summed E-state index contributed by atoms with van der Waals surface area (Å²) in [6.45, 7) is 2.16. The lowest BCUT2D eigenvalue weighted by Gasteiger charge is -2.46. The van der Waals surface area contributed by atoms with Crippen LogP contribution in [0.2, 0.25) is 0 Å². The first-order valence-corrected chi connectivity index (χ1v) is 8.45. The number of benzene rings is 1. The summed E-state index contributed by atoms with van der Waals surface area (Å²) in [6.07, 6.45) is 3.68. The van der Waals surface area contributed by atoms with E-state index in [9.17, 15) is 9.59 Å². The standard InChI is InChI=1S/C18H22N2O3/c21-16(15-7-4-8-15)19-9-10-20-17(22)23-13-18(20,12-19)11-14-5-2-1-3-6-14/h1-3,5-6,15H,4,7-13H2. The summed E-state index contributed by atoms with van der Waals surface area (Å²) in [5, 5.41) is 0. The molecule has 3 fully saturated rings. The summed E-state index contributed by atoms with van der Waals surface area (Å²) in [6, 6.07) is 10.1. The molecule has 0 radical (unpaired) electrons. The summed E-state index contributed by atoms with van der Waals surface area (Å²) in [7, 11) is 0. The molecule has 5 nitrogen and oxygen atoms in total. The largest absolute Gasteiger partial charge is 0.447 e. The molecule has 2 aliphatic heterocycles. The molecular weight excluding hydrogens is 292 g/mol. The number of rotatable bonds is 3. The molecule has 2 amide bonds. The van der Waals surface area contributed by atoms with Crippen molar-refractivity contribution >= 4 is 12.0 Å². The Balaban J connectivity index is 1.57. The molecule has 122 valence electrons. The molecule has 1 unspecified atom stereocenters. The average molecular weight is 314 g/mol. The molecule has 2 heterocycles. The fourth-order valence-corrected chi connectivity index (χ4v) is 3.94. The number of amides is 2. The van der Waals surface area contributed by atoms with Gasteiger partial charge in [0.15, 0.2) is 0 Å². The average Bonchev–Trinajstić information content (AvgIpc) is 2.83. The predicted molar refractivity (Wildman–Crippen MR) is 84.9 cm³/mol. The van der Waals surface area contributed by atoms with Crippen LogP contribution in [0.15, 0.2) is 30.3 Å². The molecule has 2 saturated heterocycles. The molecule has 1 aromatic carbocycles. The van der Waals surface area contributed by atoms with Gasteiger partial charge in [-0.15, -0.1) is 0 Å². The molecule has 0 spiro atoms. The minimum atomic E-state index is -0.407. The summed E-state index contributed by atoms with van der Waals surface area (Å²) >= 11 is 0. The maximum atomic E-state index is 12.6. The number of nitrogens with zero attached hydrogens (tertiary/aromatic N) is 2. The van der Waals surface area contributed by atoms with E-state index < -0.39 is 5.54 Å². The van der Waals surface area contributed by atoms with Gasteiger partial charge in [-0.2, -0.15) is 0 Å². The van der Waals surface area contributed by atoms with Crippen molar-refractivity contribution in [3.8, 4) is 0 Å². The molecule has 4 rings (SSSR count). The van der Waals surface area contributed by atoms with Crippen LogP contribution in [-0.2, 0) is 16.0 Å². The maximum Gasteiger partial charge on any atom is 0.410 e. The number of hydrogen-bond acceptors (Lipinski definition) is 3. The number of fused-ring (bicyclic) bond motifs is 1. The molecule has 1 aliphatic carbocycles. The lowest BCUT2D eigenvalue weighted by molar-refractivity contribution is -0.142. The van der Waals surface area contributed by atoms with Gasteiger partial charge < -0.3 is 9.64 Å². The Morgan fingerprint density at radius 1 is 1.22 bits per heavy atom. The van der Waals surface area contributed by atoms with Crippen LogP contribution < -0.4 is 0 Å². The van der Waals surface area contributed by atoms with Gasteiger partial charge in [-0.25, -0.2) is 4.79 Å². The molecule has 0 N–H and O–H groups in total. The lowest BCUT2D eigenvalue weighted by atomic mass is 9.82. The van der Waals surface area contributed by atoms with E-state index in [1.54, 1.807) is 0 Å². The molecule has 1 atom stereocenters. The quantitative estimate of drug-likeness (QED) is 0.858. The van der Waals surface area contributed by atoms with E-state index in [0.717, 1.165) is 25.7 Å². The molecule has 5 heteroatoms. The highest BCUT2D eigenvalue weighted by atomic mass is 16.6. The summed E-state index contributed by atoms with van der Waals surface area (Å²) in [5.74, 6) is 0.469. The van der Waals surface area contributed by atoms with E-state index in [1.165, 1.54) is 5.56 Å². The Bertz CT molecular complexity index is 614. The summed E-state index contributed by atoms with van der Waals surface area (Å²) < 4.78 is 5.35. The van der Waals surface area contributed by atoms with Gasteiger partial charge in [-0.1, -0.05) is 36.8 Å². The van der Waals surface area contributed by atoms with E-state index in [2.05, 4.69) is 12.1 Å². The van der Waals surface area contributed by atoms with E-state index in [1.807, 2.05) is 28.0 Å². The highest BCUT2D eigenvalue weighted by Gasteiger charge is 2.52. The van der Waals surface area contributed by atoms with Gasteiger partial charge in [0.05, 0.1) is 0 Å². The van der Waals surface area contributed by atoms with E-state index >= 15 is 0 Å². The van der Waals surface area contributed by atoms with Crippen LogP contribution in [0.1, 0.15) is 24.8 Å². The van der Waals surface area contributed by atoms with Gasteiger partial charge in [0.1, 0.15) is 12.1 Å². The second kappa shape index (κ2) is 5.55. The monoisotopic (exact) mass is 314 g/mol. The van der Waals surface area contributed by atoms with Crippen LogP contribution >= 0.6 is 0 Å². The van der Waals surface area contributed by atoms with Crippen molar-refractivity contribution in [2.75, 3.05) is 26.2 Å². The number of hydrogen-bond donors (Lipinski definition) is 0.